The van der Waals surface area contributed by atoms with Crippen LogP contribution in [0.1, 0.15) is 72.5 Å². The maximum absolute atomic E-state index is 13.0. The van der Waals surface area contributed by atoms with E-state index in [4.69, 9.17) is 0 Å². The van der Waals surface area contributed by atoms with Crippen LogP contribution >= 0.6 is 0 Å². The van der Waals surface area contributed by atoms with E-state index in [0.29, 0.717) is 18.4 Å². The fraction of sp³-hybridized carbons (Fsp3) is 0.364. The normalized spacial score (nSPS) is 18.8. The molecule has 36 heavy (non-hydrogen) atoms. The summed E-state index contributed by atoms with van der Waals surface area (Å²) in [5.74, 6) is -0.0503. The van der Waals surface area contributed by atoms with Gasteiger partial charge in [-0.15, -0.1) is 0 Å². The van der Waals surface area contributed by atoms with Crippen LogP contribution < -0.4 is 5.56 Å². The lowest BCUT2D eigenvalue weighted by Gasteiger charge is -2.35. The van der Waals surface area contributed by atoms with E-state index >= 15 is 0 Å². The van der Waals surface area contributed by atoms with Crippen LogP contribution in [0.5, 0.6) is 0 Å². The molecule has 0 saturated heterocycles. The van der Waals surface area contributed by atoms with Crippen molar-refractivity contribution in [2.24, 2.45) is 0 Å². The lowest BCUT2D eigenvalue weighted by Crippen LogP contribution is -2.31. The molecule has 9 nitrogen and oxygen atoms in total. The van der Waals surface area contributed by atoms with E-state index in [9.17, 15) is 32.0 Å². The topological polar surface area (TPSA) is 118 Å². The second-order valence-corrected chi connectivity index (χ2v) is 8.51. The summed E-state index contributed by atoms with van der Waals surface area (Å²) in [5, 5.41) is 17.7. The predicted octanol–water partition coefficient (Wildman–Crippen LogP) is 4.27. The average molecular weight is 504 g/mol. The van der Waals surface area contributed by atoms with Crippen LogP contribution in [0.2, 0.25) is 0 Å². The van der Waals surface area contributed by atoms with Crippen molar-refractivity contribution in [2.75, 3.05) is 0 Å². The van der Waals surface area contributed by atoms with E-state index in [1.807, 2.05) is 6.07 Å². The fourth-order valence-corrected chi connectivity index (χ4v) is 4.31. The lowest BCUT2D eigenvalue weighted by atomic mass is 9.79. The summed E-state index contributed by atoms with van der Waals surface area (Å²) >= 11 is 0. The Morgan fingerprint density at radius 2 is 1.97 bits per heavy atom. The molecule has 0 bridgehead atoms. The summed E-state index contributed by atoms with van der Waals surface area (Å²) in [6.07, 6.45) is -2.60. The van der Waals surface area contributed by atoms with Crippen LogP contribution in [0.25, 0.3) is 11.0 Å². The molecule has 1 aliphatic rings. The standard InChI is InChI=1S/C22H17F5N8O/c1-10(11-2-5-16(29-7-11)22(25,26)27)35-20-17(14(6-28)33-35)21(36)32-19(31-20)13-3-4-15(13)34-9-12(8-30-34)18(23)24/h2,5,7-10,13,15,18H,3-4H2,1H3,(H,31,32,36)/t10-,13+,15+/m1/s1. The minimum absolute atomic E-state index is 0.0529. The second-order valence-electron chi connectivity index (χ2n) is 8.51. The molecule has 1 saturated carbocycles. The van der Waals surface area contributed by atoms with Gasteiger partial charge in [-0.05, 0) is 31.4 Å². The zero-order chi connectivity index (χ0) is 25.8. The third-order valence-electron chi connectivity index (χ3n) is 6.41. The Hall–Kier alpha value is -4.15. The van der Waals surface area contributed by atoms with Gasteiger partial charge in [0, 0.05) is 18.3 Å². The molecule has 4 aromatic rings. The number of hydrogen-bond donors (Lipinski definition) is 1. The first-order valence-corrected chi connectivity index (χ1v) is 10.9. The van der Waals surface area contributed by atoms with E-state index in [2.05, 4.69) is 25.1 Å². The van der Waals surface area contributed by atoms with Crippen LogP contribution in [0, 0.1) is 11.3 Å². The number of nitrogens with one attached hydrogen (secondary N) is 1. The first-order valence-electron chi connectivity index (χ1n) is 10.9. The number of nitriles is 1. The summed E-state index contributed by atoms with van der Waals surface area (Å²) in [6, 6.07) is 2.92. The van der Waals surface area contributed by atoms with Crippen molar-refractivity contribution in [3.05, 3.63) is 69.4 Å². The number of pyridine rings is 1. The number of hydrogen-bond acceptors (Lipinski definition) is 6. The Balaban J connectivity index is 1.54. The lowest BCUT2D eigenvalue weighted by molar-refractivity contribution is -0.141. The molecule has 4 aromatic heterocycles. The van der Waals surface area contributed by atoms with Gasteiger partial charge in [-0.2, -0.15) is 28.6 Å². The summed E-state index contributed by atoms with van der Waals surface area (Å²) < 4.78 is 67.4. The van der Waals surface area contributed by atoms with E-state index in [1.165, 1.54) is 21.6 Å². The molecule has 0 radical (unpaired) electrons. The van der Waals surface area contributed by atoms with Crippen molar-refractivity contribution in [2.45, 2.75) is 50.4 Å². The number of halogens is 5. The van der Waals surface area contributed by atoms with Gasteiger partial charge in [0.25, 0.3) is 12.0 Å². The van der Waals surface area contributed by atoms with E-state index < -0.39 is 29.9 Å². The molecule has 0 aromatic carbocycles. The quantitative estimate of drug-likeness (QED) is 0.406. The molecular weight excluding hydrogens is 487 g/mol. The molecule has 0 unspecified atom stereocenters. The van der Waals surface area contributed by atoms with Gasteiger partial charge in [0.05, 0.1) is 23.8 Å². The molecule has 1 fully saturated rings. The van der Waals surface area contributed by atoms with Crippen molar-refractivity contribution in [3.8, 4) is 6.07 Å². The van der Waals surface area contributed by atoms with Crippen molar-refractivity contribution in [3.63, 3.8) is 0 Å². The van der Waals surface area contributed by atoms with Crippen molar-refractivity contribution >= 4 is 11.0 Å². The number of nitrogens with zero attached hydrogens (tertiary/aromatic N) is 7. The zero-order valence-corrected chi connectivity index (χ0v) is 18.5. The molecule has 1 N–H and O–H groups in total. The fourth-order valence-electron chi connectivity index (χ4n) is 4.31. The van der Waals surface area contributed by atoms with Gasteiger partial charge < -0.3 is 4.98 Å². The monoisotopic (exact) mass is 504 g/mol. The number of rotatable bonds is 5. The van der Waals surface area contributed by atoms with E-state index in [-0.39, 0.29) is 40.1 Å². The number of alkyl halides is 5. The summed E-state index contributed by atoms with van der Waals surface area (Å²) in [6.45, 7) is 1.63. The molecule has 0 amide bonds. The van der Waals surface area contributed by atoms with Crippen LogP contribution in [0.15, 0.2) is 35.5 Å². The first-order chi connectivity index (χ1) is 17.1. The van der Waals surface area contributed by atoms with Crippen LogP contribution in [-0.4, -0.2) is 34.5 Å². The highest BCUT2D eigenvalue weighted by atomic mass is 19.4. The molecule has 5 rings (SSSR count). The van der Waals surface area contributed by atoms with E-state index in [1.54, 1.807) is 6.92 Å². The highest BCUT2D eigenvalue weighted by Gasteiger charge is 2.37. The minimum atomic E-state index is -4.60. The predicted molar refractivity (Wildman–Crippen MR) is 114 cm³/mol. The third kappa shape index (κ3) is 3.90. The van der Waals surface area contributed by atoms with Crippen LogP contribution in [-0.2, 0) is 6.18 Å². The first kappa shape index (κ1) is 23.6. The summed E-state index contributed by atoms with van der Waals surface area (Å²) in [4.78, 5) is 23.6. The van der Waals surface area contributed by atoms with Gasteiger partial charge in [0.2, 0.25) is 0 Å². The van der Waals surface area contributed by atoms with Crippen molar-refractivity contribution in [1.82, 2.24) is 34.5 Å². The van der Waals surface area contributed by atoms with Crippen LogP contribution in [0.4, 0.5) is 22.0 Å². The van der Waals surface area contributed by atoms with Gasteiger partial charge in [0.1, 0.15) is 23.0 Å². The maximum Gasteiger partial charge on any atom is 0.433 e. The Morgan fingerprint density at radius 3 is 2.53 bits per heavy atom. The van der Waals surface area contributed by atoms with Gasteiger partial charge in [-0.1, -0.05) is 6.07 Å². The summed E-state index contributed by atoms with van der Waals surface area (Å²) in [7, 11) is 0. The zero-order valence-electron chi connectivity index (χ0n) is 18.5. The highest BCUT2D eigenvalue weighted by Crippen LogP contribution is 2.44. The maximum atomic E-state index is 13.0. The second kappa shape index (κ2) is 8.51. The molecule has 0 aliphatic heterocycles. The number of aromatic nitrogens is 7. The van der Waals surface area contributed by atoms with Crippen molar-refractivity contribution in [1.29, 1.82) is 5.26 Å². The molecule has 186 valence electrons. The number of aromatic amines is 1. The number of fused-ring (bicyclic) bond motifs is 1. The molecule has 1 aliphatic carbocycles. The Morgan fingerprint density at radius 1 is 1.19 bits per heavy atom. The van der Waals surface area contributed by atoms with Crippen LogP contribution in [0.3, 0.4) is 0 Å². The Bertz CT molecular complexity index is 1530. The molecule has 3 atom stereocenters. The number of H-pyrrole nitrogens is 1. The van der Waals surface area contributed by atoms with Gasteiger partial charge in [0.15, 0.2) is 11.3 Å². The SMILES string of the molecule is C[C@H](c1ccc(C(F)(F)F)nc1)n1nc(C#N)c2c(=O)[nH]c([C@H]3CC[C@@H]3n3cc(C(F)F)cn3)nc21. The van der Waals surface area contributed by atoms with E-state index in [0.717, 1.165) is 18.5 Å². The van der Waals surface area contributed by atoms with Gasteiger partial charge >= 0.3 is 6.18 Å². The highest BCUT2D eigenvalue weighted by molar-refractivity contribution is 5.80. The molecule has 14 heteroatoms. The Kier molecular flexibility index (Phi) is 5.57. The average Bonchev–Trinajstić information content (AvgIpc) is 3.43. The van der Waals surface area contributed by atoms with Gasteiger partial charge in [-0.25, -0.2) is 18.4 Å². The minimum Gasteiger partial charge on any atom is -0.309 e. The third-order valence-corrected chi connectivity index (χ3v) is 6.41. The smallest absolute Gasteiger partial charge is 0.309 e. The largest absolute Gasteiger partial charge is 0.433 e. The summed E-state index contributed by atoms with van der Waals surface area (Å²) in [5.41, 5.74) is -1.61. The molecule has 0 spiro atoms. The van der Waals surface area contributed by atoms with Crippen molar-refractivity contribution < 1.29 is 22.0 Å². The molecule has 4 heterocycles. The molecular formula is C22H17F5N8O. The van der Waals surface area contributed by atoms with Gasteiger partial charge in [-0.3, -0.25) is 14.5 Å². The Labute approximate surface area is 199 Å².